The molecule has 1 fully saturated rings. The molecule has 3 nitrogen and oxygen atoms in total. The van der Waals surface area contributed by atoms with Crippen LogP contribution in [0.4, 0.5) is 0 Å². The van der Waals surface area contributed by atoms with Crippen molar-refractivity contribution in [1.82, 2.24) is 4.90 Å². The standard InChI is InChI=1S/C14H20Cl2N2O/c1-10-12(15)2-3-13(14(10)16)19-11-4-7-18(8-5-11)9-6-17/h2-3,11H,4-9,17H2,1H3. The number of nitrogens with zero attached hydrogens (tertiary/aromatic N) is 1. The molecule has 1 heterocycles. The Morgan fingerprint density at radius 2 is 2.00 bits per heavy atom. The van der Waals surface area contributed by atoms with Gasteiger partial charge in [-0.3, -0.25) is 0 Å². The molecule has 19 heavy (non-hydrogen) atoms. The van der Waals surface area contributed by atoms with E-state index in [4.69, 9.17) is 33.7 Å². The third kappa shape index (κ3) is 3.76. The number of halogens is 2. The molecular weight excluding hydrogens is 283 g/mol. The summed E-state index contributed by atoms with van der Waals surface area (Å²) in [5, 5.41) is 1.30. The van der Waals surface area contributed by atoms with Crippen molar-refractivity contribution >= 4 is 23.2 Å². The monoisotopic (exact) mass is 302 g/mol. The van der Waals surface area contributed by atoms with Crippen molar-refractivity contribution in [3.8, 4) is 5.75 Å². The van der Waals surface area contributed by atoms with Crippen molar-refractivity contribution in [2.75, 3.05) is 26.2 Å². The van der Waals surface area contributed by atoms with Gasteiger partial charge in [-0.25, -0.2) is 0 Å². The van der Waals surface area contributed by atoms with Crippen molar-refractivity contribution in [3.63, 3.8) is 0 Å². The molecule has 0 radical (unpaired) electrons. The van der Waals surface area contributed by atoms with E-state index < -0.39 is 0 Å². The molecule has 1 aromatic carbocycles. The van der Waals surface area contributed by atoms with Gasteiger partial charge < -0.3 is 15.4 Å². The van der Waals surface area contributed by atoms with E-state index >= 15 is 0 Å². The lowest BCUT2D eigenvalue weighted by molar-refractivity contribution is 0.102. The van der Waals surface area contributed by atoms with Gasteiger partial charge in [-0.15, -0.1) is 0 Å². The van der Waals surface area contributed by atoms with Crippen LogP contribution in [0.3, 0.4) is 0 Å². The first kappa shape index (κ1) is 14.9. The lowest BCUT2D eigenvalue weighted by Crippen LogP contribution is -2.40. The summed E-state index contributed by atoms with van der Waals surface area (Å²) in [4.78, 5) is 2.37. The number of piperidine rings is 1. The predicted molar refractivity (Wildman–Crippen MR) is 80.3 cm³/mol. The summed E-state index contributed by atoms with van der Waals surface area (Å²) in [6.45, 7) is 5.65. The van der Waals surface area contributed by atoms with Gasteiger partial charge in [0.25, 0.3) is 0 Å². The van der Waals surface area contributed by atoms with E-state index in [2.05, 4.69) is 4.90 Å². The number of hydrogen-bond donors (Lipinski definition) is 1. The van der Waals surface area contributed by atoms with E-state index in [1.807, 2.05) is 19.1 Å². The molecule has 0 unspecified atom stereocenters. The molecule has 1 saturated heterocycles. The van der Waals surface area contributed by atoms with Crippen molar-refractivity contribution in [1.29, 1.82) is 0 Å². The fourth-order valence-corrected chi connectivity index (χ4v) is 2.76. The molecule has 1 aliphatic heterocycles. The molecule has 2 rings (SSSR count). The molecule has 0 aliphatic carbocycles. The Bertz CT molecular complexity index is 432. The highest BCUT2D eigenvalue weighted by Gasteiger charge is 2.21. The number of rotatable bonds is 4. The lowest BCUT2D eigenvalue weighted by Gasteiger charge is -2.32. The maximum atomic E-state index is 6.26. The molecule has 5 heteroatoms. The number of ether oxygens (including phenoxy) is 1. The summed E-state index contributed by atoms with van der Waals surface area (Å²) < 4.78 is 6.00. The largest absolute Gasteiger partial charge is 0.489 e. The fourth-order valence-electron chi connectivity index (χ4n) is 2.34. The van der Waals surface area contributed by atoms with Crippen molar-refractivity contribution in [2.45, 2.75) is 25.9 Å². The van der Waals surface area contributed by atoms with Crippen LogP contribution in [0.25, 0.3) is 0 Å². The highest BCUT2D eigenvalue weighted by atomic mass is 35.5. The second-order valence-electron chi connectivity index (χ2n) is 4.93. The van der Waals surface area contributed by atoms with Crippen LogP contribution in [0.2, 0.25) is 10.0 Å². The van der Waals surface area contributed by atoms with Gasteiger partial charge in [0.2, 0.25) is 0 Å². The average molecular weight is 303 g/mol. The van der Waals surface area contributed by atoms with Crippen LogP contribution in [0.1, 0.15) is 18.4 Å². The van der Waals surface area contributed by atoms with Crippen LogP contribution in [-0.2, 0) is 0 Å². The Labute approximate surface area is 124 Å². The van der Waals surface area contributed by atoms with Gasteiger partial charge in [-0.05, 0) is 37.5 Å². The van der Waals surface area contributed by atoms with Gasteiger partial charge in [0.15, 0.2) is 0 Å². The van der Waals surface area contributed by atoms with Crippen LogP contribution in [0.5, 0.6) is 5.75 Å². The van der Waals surface area contributed by atoms with Crippen molar-refractivity contribution < 1.29 is 4.74 Å². The second-order valence-corrected chi connectivity index (χ2v) is 5.72. The minimum Gasteiger partial charge on any atom is -0.489 e. The minimum atomic E-state index is 0.229. The molecule has 1 aliphatic rings. The number of benzene rings is 1. The van der Waals surface area contributed by atoms with Gasteiger partial charge in [-0.1, -0.05) is 23.2 Å². The highest BCUT2D eigenvalue weighted by Crippen LogP contribution is 2.34. The summed E-state index contributed by atoms with van der Waals surface area (Å²) in [6, 6.07) is 3.69. The van der Waals surface area contributed by atoms with Crippen LogP contribution < -0.4 is 10.5 Å². The van der Waals surface area contributed by atoms with Gasteiger partial charge in [-0.2, -0.15) is 0 Å². The van der Waals surface area contributed by atoms with Gasteiger partial charge in [0.1, 0.15) is 11.9 Å². The topological polar surface area (TPSA) is 38.5 Å². The quantitative estimate of drug-likeness (QED) is 0.929. The summed E-state index contributed by atoms with van der Waals surface area (Å²) in [5.41, 5.74) is 6.44. The van der Waals surface area contributed by atoms with Gasteiger partial charge >= 0.3 is 0 Å². The Kier molecular flexibility index (Phi) is 5.34. The van der Waals surface area contributed by atoms with E-state index in [9.17, 15) is 0 Å². The van der Waals surface area contributed by atoms with Crippen LogP contribution in [0.15, 0.2) is 12.1 Å². The first-order valence-electron chi connectivity index (χ1n) is 6.65. The molecule has 0 atom stereocenters. The Morgan fingerprint density at radius 3 is 2.63 bits per heavy atom. The SMILES string of the molecule is Cc1c(Cl)ccc(OC2CCN(CCN)CC2)c1Cl. The normalized spacial score (nSPS) is 17.7. The molecule has 0 aromatic heterocycles. The lowest BCUT2D eigenvalue weighted by atomic mass is 10.1. The molecule has 0 spiro atoms. The van der Waals surface area contributed by atoms with E-state index in [0.717, 1.165) is 43.8 Å². The number of likely N-dealkylation sites (tertiary alicyclic amines) is 1. The van der Waals surface area contributed by atoms with Crippen LogP contribution in [-0.4, -0.2) is 37.2 Å². The Morgan fingerprint density at radius 1 is 1.32 bits per heavy atom. The predicted octanol–water partition coefficient (Wildman–Crippen LogP) is 3.10. The zero-order chi connectivity index (χ0) is 13.8. The summed E-state index contributed by atoms with van der Waals surface area (Å²) in [7, 11) is 0. The molecule has 0 amide bonds. The first-order valence-corrected chi connectivity index (χ1v) is 7.41. The third-order valence-electron chi connectivity index (χ3n) is 3.56. The minimum absolute atomic E-state index is 0.229. The van der Waals surface area contributed by atoms with E-state index in [1.165, 1.54) is 0 Å². The molecular formula is C14H20Cl2N2O. The molecule has 1 aromatic rings. The fraction of sp³-hybridized carbons (Fsp3) is 0.571. The van der Waals surface area contributed by atoms with Crippen molar-refractivity contribution in [3.05, 3.63) is 27.7 Å². The third-order valence-corrected chi connectivity index (χ3v) is 4.44. The molecule has 0 saturated carbocycles. The average Bonchev–Trinajstić information content (AvgIpc) is 2.42. The Hall–Kier alpha value is -0.480. The van der Waals surface area contributed by atoms with E-state index in [0.29, 0.717) is 16.6 Å². The number of nitrogens with two attached hydrogens (primary N) is 1. The van der Waals surface area contributed by atoms with Crippen LogP contribution in [0, 0.1) is 6.92 Å². The first-order chi connectivity index (χ1) is 9.11. The van der Waals surface area contributed by atoms with Crippen LogP contribution >= 0.6 is 23.2 Å². The zero-order valence-corrected chi connectivity index (χ0v) is 12.7. The molecule has 2 N–H and O–H groups in total. The van der Waals surface area contributed by atoms with E-state index in [1.54, 1.807) is 0 Å². The maximum absolute atomic E-state index is 6.26. The maximum Gasteiger partial charge on any atom is 0.138 e. The van der Waals surface area contributed by atoms with E-state index in [-0.39, 0.29) is 6.10 Å². The summed E-state index contributed by atoms with van der Waals surface area (Å²) in [6.07, 6.45) is 2.25. The smallest absolute Gasteiger partial charge is 0.138 e. The summed E-state index contributed by atoms with van der Waals surface area (Å²) in [5.74, 6) is 0.737. The Balaban J connectivity index is 1.94. The highest BCUT2D eigenvalue weighted by molar-refractivity contribution is 6.36. The van der Waals surface area contributed by atoms with Gasteiger partial charge in [0.05, 0.1) is 5.02 Å². The summed E-state index contributed by atoms with van der Waals surface area (Å²) >= 11 is 12.3. The number of hydrogen-bond acceptors (Lipinski definition) is 3. The zero-order valence-electron chi connectivity index (χ0n) is 11.2. The molecule has 0 bridgehead atoms. The van der Waals surface area contributed by atoms with Gasteiger partial charge in [0, 0.05) is 31.2 Å². The molecule has 106 valence electrons. The second kappa shape index (κ2) is 6.80. The van der Waals surface area contributed by atoms with Crippen molar-refractivity contribution in [2.24, 2.45) is 5.73 Å².